The Balaban J connectivity index is 0.00000121. The van der Waals surface area contributed by atoms with Crippen LogP contribution in [0.4, 0.5) is 0 Å². The third-order valence-corrected chi connectivity index (χ3v) is 1.84. The van der Waals surface area contributed by atoms with Gasteiger partial charge in [0.15, 0.2) is 0 Å². The zero-order chi connectivity index (χ0) is 8.10. The highest BCUT2D eigenvalue weighted by molar-refractivity contribution is 5.85. The molecule has 1 rings (SSSR count). The van der Waals surface area contributed by atoms with Gasteiger partial charge in [0.2, 0.25) is 0 Å². The third kappa shape index (κ3) is 3.93. The van der Waals surface area contributed by atoms with Crippen LogP contribution in [0.15, 0.2) is 0 Å². The number of piperidine rings is 1. The van der Waals surface area contributed by atoms with Gasteiger partial charge >= 0.3 is 5.97 Å². The van der Waals surface area contributed by atoms with Crippen LogP contribution in [0.3, 0.4) is 0 Å². The number of esters is 1. The van der Waals surface area contributed by atoms with Crippen LogP contribution in [0, 0.1) is 0 Å². The van der Waals surface area contributed by atoms with E-state index in [1.807, 2.05) is 6.92 Å². The third-order valence-electron chi connectivity index (χ3n) is 1.84. The molecule has 0 radical (unpaired) electrons. The molecule has 0 aromatic heterocycles. The van der Waals surface area contributed by atoms with Gasteiger partial charge in [-0.15, -0.1) is 12.4 Å². The molecule has 0 aromatic rings. The molecule has 72 valence electrons. The lowest BCUT2D eigenvalue weighted by Gasteiger charge is -2.22. The highest BCUT2D eigenvalue weighted by Crippen LogP contribution is 2.06. The first-order chi connectivity index (χ1) is 5.33. The number of carbonyl (C=O) groups is 1. The first-order valence-corrected chi connectivity index (χ1v) is 4.23. The van der Waals surface area contributed by atoms with E-state index in [2.05, 4.69) is 5.32 Å². The molecule has 1 fully saturated rings. The van der Waals surface area contributed by atoms with Crippen LogP contribution in [-0.2, 0) is 9.53 Å². The molecule has 1 aliphatic heterocycles. The Morgan fingerprint density at radius 3 is 2.92 bits per heavy atom. The number of hydrogen-bond acceptors (Lipinski definition) is 3. The molecule has 0 amide bonds. The van der Waals surface area contributed by atoms with Crippen molar-refractivity contribution in [2.45, 2.75) is 32.3 Å². The Kier molecular flexibility index (Phi) is 6.11. The highest BCUT2D eigenvalue weighted by Gasteiger charge is 2.15. The van der Waals surface area contributed by atoms with Crippen LogP contribution in [0.5, 0.6) is 0 Å². The summed E-state index contributed by atoms with van der Waals surface area (Å²) in [4.78, 5) is 10.8. The van der Waals surface area contributed by atoms with Crippen molar-refractivity contribution in [3.63, 3.8) is 0 Å². The monoisotopic (exact) mass is 193 g/mol. The molecule has 0 saturated carbocycles. The largest absolute Gasteiger partial charge is 0.461 e. The Morgan fingerprint density at radius 2 is 2.42 bits per heavy atom. The van der Waals surface area contributed by atoms with Crippen molar-refractivity contribution < 1.29 is 9.53 Å². The van der Waals surface area contributed by atoms with Crippen molar-refractivity contribution in [1.82, 2.24) is 5.32 Å². The fourth-order valence-electron chi connectivity index (χ4n) is 1.19. The molecule has 0 bridgehead atoms. The summed E-state index contributed by atoms with van der Waals surface area (Å²) in [5, 5.41) is 3.19. The van der Waals surface area contributed by atoms with Crippen LogP contribution in [0.2, 0.25) is 0 Å². The van der Waals surface area contributed by atoms with Crippen LogP contribution in [0.1, 0.15) is 26.2 Å². The molecule has 0 aliphatic carbocycles. The SMILES string of the molecule is CCC(=O)OC1CCCNC1.Cl. The maximum atomic E-state index is 10.8. The normalized spacial score (nSPS) is 22.6. The molecule has 3 nitrogen and oxygen atoms in total. The van der Waals surface area contributed by atoms with Gasteiger partial charge in [-0.05, 0) is 19.4 Å². The smallest absolute Gasteiger partial charge is 0.305 e. The summed E-state index contributed by atoms with van der Waals surface area (Å²) < 4.78 is 5.14. The average Bonchev–Trinajstić information content (AvgIpc) is 2.06. The van der Waals surface area contributed by atoms with Gasteiger partial charge in [0.05, 0.1) is 0 Å². The van der Waals surface area contributed by atoms with Gasteiger partial charge in [-0.3, -0.25) is 4.79 Å². The summed E-state index contributed by atoms with van der Waals surface area (Å²) in [5.74, 6) is -0.0845. The highest BCUT2D eigenvalue weighted by atomic mass is 35.5. The summed E-state index contributed by atoms with van der Waals surface area (Å²) in [6.45, 7) is 3.70. The van der Waals surface area contributed by atoms with E-state index in [-0.39, 0.29) is 24.5 Å². The predicted octanol–water partition coefficient (Wildman–Crippen LogP) is 1.11. The maximum Gasteiger partial charge on any atom is 0.305 e. The average molecular weight is 194 g/mol. The summed E-state index contributed by atoms with van der Waals surface area (Å²) in [6.07, 6.45) is 2.73. The fourth-order valence-corrected chi connectivity index (χ4v) is 1.19. The van der Waals surface area contributed by atoms with E-state index in [4.69, 9.17) is 4.74 Å². The van der Waals surface area contributed by atoms with Crippen molar-refractivity contribution in [3.8, 4) is 0 Å². The minimum absolute atomic E-state index is 0. The van der Waals surface area contributed by atoms with E-state index in [1.54, 1.807) is 0 Å². The van der Waals surface area contributed by atoms with Crippen LogP contribution >= 0.6 is 12.4 Å². The first kappa shape index (κ1) is 11.7. The number of nitrogens with one attached hydrogen (secondary N) is 1. The Hall–Kier alpha value is -0.280. The molecule has 1 unspecified atom stereocenters. The van der Waals surface area contributed by atoms with Gasteiger partial charge < -0.3 is 10.1 Å². The molecule has 1 atom stereocenters. The number of rotatable bonds is 2. The second kappa shape index (κ2) is 6.26. The maximum absolute atomic E-state index is 10.8. The fraction of sp³-hybridized carbons (Fsp3) is 0.875. The number of hydrogen-bond donors (Lipinski definition) is 1. The van der Waals surface area contributed by atoms with Gasteiger partial charge in [-0.2, -0.15) is 0 Å². The molecule has 4 heteroatoms. The molecule has 1 heterocycles. The lowest BCUT2D eigenvalue weighted by Crippen LogP contribution is -2.36. The van der Waals surface area contributed by atoms with E-state index in [9.17, 15) is 4.79 Å². The minimum Gasteiger partial charge on any atom is -0.461 e. The van der Waals surface area contributed by atoms with E-state index < -0.39 is 0 Å². The Bertz CT molecular complexity index is 135. The molecule has 1 N–H and O–H groups in total. The first-order valence-electron chi connectivity index (χ1n) is 4.23. The zero-order valence-corrected chi connectivity index (χ0v) is 8.15. The van der Waals surface area contributed by atoms with E-state index in [0.717, 1.165) is 25.9 Å². The Morgan fingerprint density at radius 1 is 1.67 bits per heavy atom. The molecule has 0 spiro atoms. The van der Waals surface area contributed by atoms with Crippen LogP contribution in [-0.4, -0.2) is 25.2 Å². The lowest BCUT2D eigenvalue weighted by molar-refractivity contribution is -0.149. The van der Waals surface area contributed by atoms with Gasteiger partial charge in [0, 0.05) is 13.0 Å². The Labute approximate surface area is 79.3 Å². The summed E-state index contributed by atoms with van der Waals surface area (Å²) >= 11 is 0. The second-order valence-electron chi connectivity index (χ2n) is 2.81. The van der Waals surface area contributed by atoms with Crippen molar-refractivity contribution in [2.24, 2.45) is 0 Å². The van der Waals surface area contributed by atoms with Crippen molar-refractivity contribution in [3.05, 3.63) is 0 Å². The zero-order valence-electron chi connectivity index (χ0n) is 7.34. The molecular formula is C8H16ClNO2. The molecular weight excluding hydrogens is 178 g/mol. The van der Waals surface area contributed by atoms with Gasteiger partial charge in [-0.25, -0.2) is 0 Å². The lowest BCUT2D eigenvalue weighted by atomic mass is 10.1. The summed E-state index contributed by atoms with van der Waals surface area (Å²) in [5.41, 5.74) is 0. The van der Waals surface area contributed by atoms with E-state index >= 15 is 0 Å². The van der Waals surface area contributed by atoms with Crippen LogP contribution in [0.25, 0.3) is 0 Å². The van der Waals surface area contributed by atoms with Crippen LogP contribution < -0.4 is 5.32 Å². The molecule has 1 saturated heterocycles. The van der Waals surface area contributed by atoms with Gasteiger partial charge in [0.25, 0.3) is 0 Å². The van der Waals surface area contributed by atoms with E-state index in [1.165, 1.54) is 0 Å². The van der Waals surface area contributed by atoms with Gasteiger partial charge in [-0.1, -0.05) is 6.92 Å². The summed E-state index contributed by atoms with van der Waals surface area (Å²) in [7, 11) is 0. The molecule has 12 heavy (non-hydrogen) atoms. The topological polar surface area (TPSA) is 38.3 Å². The second-order valence-corrected chi connectivity index (χ2v) is 2.81. The van der Waals surface area contributed by atoms with Gasteiger partial charge in [0.1, 0.15) is 6.10 Å². The van der Waals surface area contributed by atoms with Crippen molar-refractivity contribution in [2.75, 3.05) is 13.1 Å². The standard InChI is InChI=1S/C8H15NO2.ClH/c1-2-8(10)11-7-4-3-5-9-6-7;/h7,9H,2-6H2,1H3;1H. The quantitative estimate of drug-likeness (QED) is 0.668. The van der Waals surface area contributed by atoms with Crippen molar-refractivity contribution in [1.29, 1.82) is 0 Å². The minimum atomic E-state index is -0.0845. The number of carbonyl (C=O) groups excluding carboxylic acids is 1. The predicted molar refractivity (Wildman–Crippen MR) is 49.5 cm³/mol. The molecule has 0 aromatic carbocycles. The van der Waals surface area contributed by atoms with Crippen molar-refractivity contribution >= 4 is 18.4 Å². The molecule has 1 aliphatic rings. The number of halogens is 1. The summed E-state index contributed by atoms with van der Waals surface area (Å²) in [6, 6.07) is 0. The van der Waals surface area contributed by atoms with E-state index in [0.29, 0.717) is 6.42 Å². The number of ether oxygens (including phenoxy) is 1.